The molecule has 1 N–H and O–H groups in total. The number of carbonyl (C=O) groups excluding carboxylic acids is 1. The maximum absolute atomic E-state index is 12.4. The molecule has 0 aliphatic carbocycles. The SMILES string of the molecule is C=CCc1ccc(OCC(=O)N2CCC(CCNC)CC2)c(OC)c1. The number of ether oxygens (including phenoxy) is 2. The first kappa shape index (κ1) is 19.3. The maximum atomic E-state index is 12.4. The minimum Gasteiger partial charge on any atom is -0.493 e. The third-order valence-electron chi connectivity index (χ3n) is 4.73. The van der Waals surface area contributed by atoms with Crippen LogP contribution >= 0.6 is 0 Å². The van der Waals surface area contributed by atoms with Gasteiger partial charge in [0.2, 0.25) is 0 Å². The smallest absolute Gasteiger partial charge is 0.260 e. The standard InChI is InChI=1S/C20H30N2O3/c1-4-5-17-6-7-18(19(14-17)24-3)25-15-20(23)22-12-9-16(10-13-22)8-11-21-2/h4,6-7,14,16,21H,1,5,8-13,15H2,2-3H3. The molecule has 1 aliphatic rings. The highest BCUT2D eigenvalue weighted by Crippen LogP contribution is 2.28. The van der Waals surface area contributed by atoms with Crippen molar-refractivity contribution >= 4 is 5.91 Å². The van der Waals surface area contributed by atoms with Crippen LogP contribution in [-0.2, 0) is 11.2 Å². The summed E-state index contributed by atoms with van der Waals surface area (Å²) in [7, 11) is 3.59. The number of hydrogen-bond acceptors (Lipinski definition) is 4. The van der Waals surface area contributed by atoms with Crippen LogP contribution in [0.15, 0.2) is 30.9 Å². The Hall–Kier alpha value is -2.01. The zero-order valence-corrected chi connectivity index (χ0v) is 15.4. The first-order valence-electron chi connectivity index (χ1n) is 9.01. The fourth-order valence-electron chi connectivity index (χ4n) is 3.18. The molecule has 1 aromatic carbocycles. The molecule has 25 heavy (non-hydrogen) atoms. The van der Waals surface area contributed by atoms with Gasteiger partial charge >= 0.3 is 0 Å². The number of benzene rings is 1. The second kappa shape index (κ2) is 10.1. The highest BCUT2D eigenvalue weighted by atomic mass is 16.5. The molecule has 5 heteroatoms. The number of rotatable bonds is 9. The number of carbonyl (C=O) groups is 1. The molecular formula is C20H30N2O3. The lowest BCUT2D eigenvalue weighted by Crippen LogP contribution is -2.41. The van der Waals surface area contributed by atoms with Crippen LogP contribution in [0.3, 0.4) is 0 Å². The van der Waals surface area contributed by atoms with Gasteiger partial charge in [-0.2, -0.15) is 0 Å². The summed E-state index contributed by atoms with van der Waals surface area (Å²) in [5.41, 5.74) is 1.11. The molecule has 1 aliphatic heterocycles. The maximum Gasteiger partial charge on any atom is 0.260 e. The Morgan fingerprint density at radius 3 is 2.76 bits per heavy atom. The molecule has 0 aromatic heterocycles. The minimum absolute atomic E-state index is 0.0456. The van der Waals surface area contributed by atoms with Crippen LogP contribution in [0.5, 0.6) is 11.5 Å². The largest absolute Gasteiger partial charge is 0.493 e. The summed E-state index contributed by atoms with van der Waals surface area (Å²) < 4.78 is 11.1. The fourth-order valence-corrected chi connectivity index (χ4v) is 3.18. The molecule has 2 rings (SSSR count). The fraction of sp³-hybridized carbons (Fsp3) is 0.550. The van der Waals surface area contributed by atoms with Crippen molar-refractivity contribution in [1.82, 2.24) is 10.2 Å². The van der Waals surface area contributed by atoms with Crippen molar-refractivity contribution in [2.75, 3.05) is 40.4 Å². The lowest BCUT2D eigenvalue weighted by Gasteiger charge is -2.32. The number of hydrogen-bond donors (Lipinski definition) is 1. The van der Waals surface area contributed by atoms with Crippen LogP contribution in [0, 0.1) is 5.92 Å². The van der Waals surface area contributed by atoms with Gasteiger partial charge in [0.25, 0.3) is 5.91 Å². The first-order chi connectivity index (χ1) is 12.2. The predicted molar refractivity (Wildman–Crippen MR) is 100 cm³/mol. The zero-order chi connectivity index (χ0) is 18.1. The predicted octanol–water partition coefficient (Wildman–Crippen LogP) is 2.65. The van der Waals surface area contributed by atoms with Crippen molar-refractivity contribution < 1.29 is 14.3 Å². The van der Waals surface area contributed by atoms with Gasteiger partial charge in [-0.15, -0.1) is 6.58 Å². The van der Waals surface area contributed by atoms with Crippen molar-refractivity contribution in [2.24, 2.45) is 5.92 Å². The number of methoxy groups -OCH3 is 1. The van der Waals surface area contributed by atoms with E-state index in [0.717, 1.165) is 50.4 Å². The molecule has 0 saturated carbocycles. The van der Waals surface area contributed by atoms with Gasteiger partial charge in [-0.05, 0) is 62.9 Å². The Labute approximate surface area is 151 Å². The number of likely N-dealkylation sites (tertiary alicyclic amines) is 1. The highest BCUT2D eigenvalue weighted by molar-refractivity contribution is 5.78. The van der Waals surface area contributed by atoms with E-state index >= 15 is 0 Å². The quantitative estimate of drug-likeness (QED) is 0.699. The number of nitrogens with zero attached hydrogens (tertiary/aromatic N) is 1. The molecular weight excluding hydrogens is 316 g/mol. The van der Waals surface area contributed by atoms with E-state index < -0.39 is 0 Å². The number of amides is 1. The second-order valence-electron chi connectivity index (χ2n) is 6.48. The first-order valence-corrected chi connectivity index (χ1v) is 9.01. The van der Waals surface area contributed by atoms with Gasteiger partial charge in [0.05, 0.1) is 7.11 Å². The van der Waals surface area contributed by atoms with Crippen LogP contribution < -0.4 is 14.8 Å². The van der Waals surface area contributed by atoms with E-state index in [4.69, 9.17) is 9.47 Å². The normalized spacial score (nSPS) is 15.0. The Morgan fingerprint density at radius 1 is 1.36 bits per heavy atom. The van der Waals surface area contributed by atoms with E-state index in [2.05, 4.69) is 11.9 Å². The summed E-state index contributed by atoms with van der Waals surface area (Å²) in [5, 5.41) is 3.19. The molecule has 0 radical (unpaired) electrons. The third-order valence-corrected chi connectivity index (χ3v) is 4.73. The van der Waals surface area contributed by atoms with Gasteiger partial charge in [-0.3, -0.25) is 4.79 Å². The monoisotopic (exact) mass is 346 g/mol. The number of piperidine rings is 1. The van der Waals surface area contributed by atoms with Gasteiger partial charge in [-0.25, -0.2) is 0 Å². The summed E-state index contributed by atoms with van der Waals surface area (Å²) in [5.74, 6) is 2.02. The van der Waals surface area contributed by atoms with Gasteiger partial charge in [0, 0.05) is 13.1 Å². The van der Waals surface area contributed by atoms with E-state index in [0.29, 0.717) is 11.5 Å². The average molecular weight is 346 g/mol. The van der Waals surface area contributed by atoms with Crippen molar-refractivity contribution in [3.63, 3.8) is 0 Å². The van der Waals surface area contributed by atoms with E-state index in [-0.39, 0.29) is 12.5 Å². The van der Waals surface area contributed by atoms with E-state index in [1.807, 2.05) is 36.2 Å². The number of nitrogens with one attached hydrogen (secondary N) is 1. The molecule has 1 aromatic rings. The summed E-state index contributed by atoms with van der Waals surface area (Å²) in [6.07, 6.45) is 5.96. The lowest BCUT2D eigenvalue weighted by molar-refractivity contribution is -0.134. The molecule has 1 saturated heterocycles. The van der Waals surface area contributed by atoms with Crippen molar-refractivity contribution in [3.8, 4) is 11.5 Å². The van der Waals surface area contributed by atoms with E-state index in [1.165, 1.54) is 6.42 Å². The van der Waals surface area contributed by atoms with E-state index in [9.17, 15) is 4.79 Å². The Bertz CT molecular complexity index is 566. The summed E-state index contributed by atoms with van der Waals surface area (Å²) >= 11 is 0. The van der Waals surface area contributed by atoms with Crippen LogP contribution in [-0.4, -0.2) is 51.2 Å². The van der Waals surface area contributed by atoms with Crippen LogP contribution in [0.4, 0.5) is 0 Å². The average Bonchev–Trinajstić information content (AvgIpc) is 2.65. The summed E-state index contributed by atoms with van der Waals surface area (Å²) in [6, 6.07) is 5.75. The van der Waals surface area contributed by atoms with Crippen LogP contribution in [0.2, 0.25) is 0 Å². The zero-order valence-electron chi connectivity index (χ0n) is 15.4. The summed E-state index contributed by atoms with van der Waals surface area (Å²) in [6.45, 7) is 6.49. The molecule has 1 fully saturated rings. The molecule has 1 amide bonds. The molecule has 1 heterocycles. The van der Waals surface area contributed by atoms with Crippen molar-refractivity contribution in [3.05, 3.63) is 36.4 Å². The van der Waals surface area contributed by atoms with Crippen molar-refractivity contribution in [1.29, 1.82) is 0 Å². The topological polar surface area (TPSA) is 50.8 Å². The van der Waals surface area contributed by atoms with Gasteiger partial charge < -0.3 is 19.7 Å². The van der Waals surface area contributed by atoms with Gasteiger partial charge in [-0.1, -0.05) is 12.1 Å². The Balaban J connectivity index is 1.83. The second-order valence-corrected chi connectivity index (χ2v) is 6.48. The molecule has 138 valence electrons. The van der Waals surface area contributed by atoms with Crippen LogP contribution in [0.1, 0.15) is 24.8 Å². The van der Waals surface area contributed by atoms with E-state index in [1.54, 1.807) is 7.11 Å². The molecule has 0 spiro atoms. The Morgan fingerprint density at radius 2 is 2.12 bits per heavy atom. The third kappa shape index (κ3) is 5.78. The highest BCUT2D eigenvalue weighted by Gasteiger charge is 2.23. The Kier molecular flexibility index (Phi) is 7.79. The lowest BCUT2D eigenvalue weighted by atomic mass is 9.93. The molecule has 5 nitrogen and oxygen atoms in total. The van der Waals surface area contributed by atoms with Gasteiger partial charge in [0.1, 0.15) is 0 Å². The minimum atomic E-state index is 0.0456. The molecule has 0 unspecified atom stereocenters. The number of allylic oxidation sites excluding steroid dienone is 1. The molecule has 0 atom stereocenters. The summed E-state index contributed by atoms with van der Waals surface area (Å²) in [4.78, 5) is 14.3. The van der Waals surface area contributed by atoms with Crippen molar-refractivity contribution in [2.45, 2.75) is 25.7 Å². The molecule has 0 bridgehead atoms. The van der Waals surface area contributed by atoms with Gasteiger partial charge in [0.15, 0.2) is 18.1 Å². The van der Waals surface area contributed by atoms with Crippen LogP contribution in [0.25, 0.3) is 0 Å².